The topological polar surface area (TPSA) is 62.4 Å². The maximum absolute atomic E-state index is 15.3. The molecule has 0 aliphatic carbocycles. The number of aromatic nitrogens is 4. The molecule has 1 saturated heterocycles. The molecule has 4 heterocycles. The second-order valence-corrected chi connectivity index (χ2v) is 8.48. The van der Waals surface area contributed by atoms with Crippen LogP contribution >= 0.6 is 0 Å². The van der Waals surface area contributed by atoms with E-state index in [4.69, 9.17) is 0 Å². The third-order valence-electron chi connectivity index (χ3n) is 5.70. The van der Waals surface area contributed by atoms with Crippen LogP contribution in [0.1, 0.15) is 19.5 Å². The molecule has 0 bridgehead atoms. The van der Waals surface area contributed by atoms with Crippen molar-refractivity contribution >= 4 is 33.7 Å². The van der Waals surface area contributed by atoms with E-state index in [0.29, 0.717) is 34.5 Å². The fourth-order valence-electron chi connectivity index (χ4n) is 4.51. The summed E-state index contributed by atoms with van der Waals surface area (Å²) in [5.74, 6) is -0.468. The molecule has 0 unspecified atom stereocenters. The van der Waals surface area contributed by atoms with Crippen molar-refractivity contribution in [3.63, 3.8) is 0 Å². The fourth-order valence-corrected chi connectivity index (χ4v) is 4.51. The zero-order chi connectivity index (χ0) is 21.9. The first-order valence-corrected chi connectivity index (χ1v) is 10.4. The molecule has 0 saturated carbocycles. The SMILES string of the molecule is Cc1cn2cc(Nc3nn(C)c4cc(N5C[C@@H](C)N[C@@H](C)C5)cc(F)c34)cc(F)c2n1. The lowest BCUT2D eigenvalue weighted by atomic mass is 10.1. The van der Waals surface area contributed by atoms with Gasteiger partial charge in [-0.3, -0.25) is 4.68 Å². The predicted octanol–water partition coefficient (Wildman–Crippen LogP) is 3.74. The smallest absolute Gasteiger partial charge is 0.173 e. The summed E-state index contributed by atoms with van der Waals surface area (Å²) in [4.78, 5) is 6.36. The van der Waals surface area contributed by atoms with Gasteiger partial charge in [0.05, 0.1) is 22.3 Å². The van der Waals surface area contributed by atoms with Gasteiger partial charge in [0.25, 0.3) is 0 Å². The molecule has 0 spiro atoms. The van der Waals surface area contributed by atoms with Gasteiger partial charge in [0, 0.05) is 56.4 Å². The maximum Gasteiger partial charge on any atom is 0.173 e. The van der Waals surface area contributed by atoms with Crippen molar-refractivity contribution in [2.75, 3.05) is 23.3 Å². The maximum atomic E-state index is 15.3. The number of benzene rings is 1. The van der Waals surface area contributed by atoms with E-state index < -0.39 is 5.82 Å². The summed E-state index contributed by atoms with van der Waals surface area (Å²) in [5.41, 5.74) is 2.95. The molecule has 4 aromatic rings. The minimum atomic E-state index is -0.456. The number of pyridine rings is 1. The Balaban J connectivity index is 1.53. The number of nitrogens with zero attached hydrogens (tertiary/aromatic N) is 5. The lowest BCUT2D eigenvalue weighted by Gasteiger charge is -2.37. The zero-order valence-corrected chi connectivity index (χ0v) is 17.9. The molecule has 0 amide bonds. The third kappa shape index (κ3) is 3.48. The number of hydrogen-bond acceptors (Lipinski definition) is 5. The second-order valence-electron chi connectivity index (χ2n) is 8.48. The molecule has 0 radical (unpaired) electrons. The van der Waals surface area contributed by atoms with E-state index in [1.54, 1.807) is 41.5 Å². The number of halogens is 2. The lowest BCUT2D eigenvalue weighted by molar-refractivity contribution is 0.407. The quantitative estimate of drug-likeness (QED) is 0.524. The summed E-state index contributed by atoms with van der Waals surface area (Å²) in [6.07, 6.45) is 3.46. The highest BCUT2D eigenvalue weighted by molar-refractivity contribution is 5.94. The van der Waals surface area contributed by atoms with E-state index in [0.717, 1.165) is 24.5 Å². The number of fused-ring (bicyclic) bond motifs is 2. The Morgan fingerprint density at radius 2 is 1.81 bits per heavy atom. The van der Waals surface area contributed by atoms with E-state index in [1.807, 2.05) is 6.07 Å². The number of piperazine rings is 1. The van der Waals surface area contributed by atoms with E-state index in [2.05, 4.69) is 39.5 Å². The van der Waals surface area contributed by atoms with Crippen molar-refractivity contribution in [2.24, 2.45) is 7.05 Å². The van der Waals surface area contributed by atoms with Gasteiger partial charge in [-0.1, -0.05) is 0 Å². The second kappa shape index (κ2) is 7.19. The van der Waals surface area contributed by atoms with Gasteiger partial charge in [-0.05, 0) is 32.9 Å². The van der Waals surface area contributed by atoms with Crippen LogP contribution in [0.2, 0.25) is 0 Å². The van der Waals surface area contributed by atoms with Gasteiger partial charge in [-0.25, -0.2) is 13.8 Å². The Morgan fingerprint density at radius 1 is 1.06 bits per heavy atom. The molecule has 1 aliphatic heterocycles. The Hall–Kier alpha value is -3.20. The van der Waals surface area contributed by atoms with Crippen LogP contribution in [0.3, 0.4) is 0 Å². The first kappa shape index (κ1) is 19.7. The summed E-state index contributed by atoms with van der Waals surface area (Å²) in [6, 6.07) is 5.51. The summed E-state index contributed by atoms with van der Waals surface area (Å²) in [7, 11) is 1.78. The zero-order valence-electron chi connectivity index (χ0n) is 17.9. The van der Waals surface area contributed by atoms with Gasteiger partial charge in [-0.2, -0.15) is 5.10 Å². The van der Waals surface area contributed by atoms with Crippen LogP contribution < -0.4 is 15.5 Å². The minimum Gasteiger partial charge on any atom is -0.368 e. The standard InChI is InChI=1S/C22H25F2N7/c1-12-8-30(9-13(2)25-12)16-6-17(23)20-19(7-16)29(4)28-21(20)27-15-5-18(24)22-26-14(3)10-31(22)11-15/h5-7,10-13,25H,8-9H2,1-4H3,(H,27,28)/t12-,13+. The molecular weight excluding hydrogens is 400 g/mol. The molecule has 7 nitrogen and oxygen atoms in total. The molecule has 1 aliphatic rings. The van der Waals surface area contributed by atoms with Gasteiger partial charge < -0.3 is 19.9 Å². The van der Waals surface area contributed by atoms with Crippen LogP contribution in [0.4, 0.5) is 26.0 Å². The average Bonchev–Trinajstić information content (AvgIpc) is 3.21. The van der Waals surface area contributed by atoms with Crippen molar-refractivity contribution in [3.8, 4) is 0 Å². The lowest BCUT2D eigenvalue weighted by Crippen LogP contribution is -2.54. The molecule has 3 aromatic heterocycles. The first-order chi connectivity index (χ1) is 14.8. The molecule has 1 aromatic carbocycles. The van der Waals surface area contributed by atoms with Crippen molar-refractivity contribution in [3.05, 3.63) is 47.9 Å². The molecule has 2 atom stereocenters. The van der Waals surface area contributed by atoms with Crippen LogP contribution in [-0.2, 0) is 7.05 Å². The van der Waals surface area contributed by atoms with E-state index >= 15 is 4.39 Å². The van der Waals surface area contributed by atoms with E-state index in [-0.39, 0.29) is 11.5 Å². The molecule has 31 heavy (non-hydrogen) atoms. The number of nitrogens with one attached hydrogen (secondary N) is 2. The van der Waals surface area contributed by atoms with Crippen LogP contribution in [0.25, 0.3) is 16.6 Å². The summed E-state index contributed by atoms with van der Waals surface area (Å²) in [5, 5.41) is 11.4. The van der Waals surface area contributed by atoms with Gasteiger partial charge in [0.15, 0.2) is 17.3 Å². The van der Waals surface area contributed by atoms with Crippen molar-refractivity contribution < 1.29 is 8.78 Å². The molecule has 5 rings (SSSR count). The van der Waals surface area contributed by atoms with E-state index in [1.165, 1.54) is 6.07 Å². The highest BCUT2D eigenvalue weighted by Crippen LogP contribution is 2.33. The van der Waals surface area contributed by atoms with Gasteiger partial charge in [0.1, 0.15) is 5.82 Å². The Labute approximate surface area is 178 Å². The monoisotopic (exact) mass is 425 g/mol. The number of aryl methyl sites for hydroxylation is 2. The fraction of sp³-hybridized carbons (Fsp3) is 0.364. The number of anilines is 3. The summed E-state index contributed by atoms with van der Waals surface area (Å²) in [6.45, 7) is 7.67. The normalized spacial score (nSPS) is 19.5. The Morgan fingerprint density at radius 3 is 2.55 bits per heavy atom. The van der Waals surface area contributed by atoms with Gasteiger partial charge in [-0.15, -0.1) is 0 Å². The first-order valence-electron chi connectivity index (χ1n) is 10.4. The van der Waals surface area contributed by atoms with Crippen LogP contribution in [0, 0.1) is 18.6 Å². The minimum absolute atomic E-state index is 0.254. The Kier molecular flexibility index (Phi) is 4.58. The third-order valence-corrected chi connectivity index (χ3v) is 5.70. The largest absolute Gasteiger partial charge is 0.368 e. The average molecular weight is 425 g/mol. The highest BCUT2D eigenvalue weighted by atomic mass is 19.1. The van der Waals surface area contributed by atoms with Gasteiger partial charge >= 0.3 is 0 Å². The van der Waals surface area contributed by atoms with Crippen molar-refractivity contribution in [1.82, 2.24) is 24.5 Å². The molecule has 2 N–H and O–H groups in total. The van der Waals surface area contributed by atoms with Crippen LogP contribution in [0.5, 0.6) is 0 Å². The molecular formula is C22H25F2N7. The van der Waals surface area contributed by atoms with Gasteiger partial charge in [0.2, 0.25) is 0 Å². The summed E-state index contributed by atoms with van der Waals surface area (Å²) >= 11 is 0. The highest BCUT2D eigenvalue weighted by Gasteiger charge is 2.24. The van der Waals surface area contributed by atoms with Crippen molar-refractivity contribution in [2.45, 2.75) is 32.9 Å². The number of imidazole rings is 1. The summed E-state index contributed by atoms with van der Waals surface area (Å²) < 4.78 is 33.0. The molecule has 1 fully saturated rings. The van der Waals surface area contributed by atoms with Crippen molar-refractivity contribution in [1.29, 1.82) is 0 Å². The predicted molar refractivity (Wildman–Crippen MR) is 118 cm³/mol. The van der Waals surface area contributed by atoms with Crippen LogP contribution in [0.15, 0.2) is 30.6 Å². The molecule has 9 heteroatoms. The Bertz CT molecular complexity index is 1280. The van der Waals surface area contributed by atoms with E-state index in [9.17, 15) is 4.39 Å². The van der Waals surface area contributed by atoms with Crippen LogP contribution in [-0.4, -0.2) is 44.3 Å². The number of rotatable bonds is 3. The molecule has 162 valence electrons. The number of hydrogen-bond donors (Lipinski definition) is 2.